The van der Waals surface area contributed by atoms with E-state index in [0.717, 1.165) is 24.1 Å². The molecule has 1 unspecified atom stereocenters. The molecule has 0 spiro atoms. The summed E-state index contributed by atoms with van der Waals surface area (Å²) in [6, 6.07) is 75.5. The van der Waals surface area contributed by atoms with Crippen LogP contribution in [0.1, 0.15) is 58.7 Å². The predicted molar refractivity (Wildman–Crippen MR) is 258 cm³/mol. The summed E-state index contributed by atoms with van der Waals surface area (Å²) in [4.78, 5) is 0. The van der Waals surface area contributed by atoms with Gasteiger partial charge < -0.3 is 9.73 Å². The highest BCUT2D eigenvalue weighted by Crippen LogP contribution is 2.59. The summed E-state index contributed by atoms with van der Waals surface area (Å²) in [6.07, 6.45) is 0.931. The quantitative estimate of drug-likeness (QED) is 0.166. The van der Waals surface area contributed by atoms with E-state index in [1.54, 1.807) is 0 Å². The highest BCUT2D eigenvalue weighted by molar-refractivity contribution is 6.10. The third-order valence-electron chi connectivity index (χ3n) is 12.6. The van der Waals surface area contributed by atoms with Crippen LogP contribution in [0.15, 0.2) is 211 Å². The van der Waals surface area contributed by atoms with Gasteiger partial charge in [0.15, 0.2) is 0 Å². The minimum atomic E-state index is -0.491. The van der Waals surface area contributed by atoms with E-state index < -0.39 is 5.41 Å². The lowest BCUT2D eigenvalue weighted by molar-refractivity contribution is 0.668. The van der Waals surface area contributed by atoms with Gasteiger partial charge in [0, 0.05) is 23.0 Å². The predicted octanol–water partition coefficient (Wildman–Crippen LogP) is 15.5. The van der Waals surface area contributed by atoms with Crippen molar-refractivity contribution < 1.29 is 4.42 Å². The summed E-state index contributed by atoms with van der Waals surface area (Å²) in [5.41, 5.74) is 17.0. The Morgan fingerprint density at radius 2 is 1.11 bits per heavy atom. The molecule has 1 N–H and O–H groups in total. The molecule has 1 aromatic heterocycles. The van der Waals surface area contributed by atoms with Gasteiger partial charge in [0.05, 0.1) is 5.41 Å². The van der Waals surface area contributed by atoms with Crippen LogP contribution in [0.2, 0.25) is 0 Å². The van der Waals surface area contributed by atoms with Crippen LogP contribution in [-0.4, -0.2) is 6.54 Å². The molecule has 11 rings (SSSR count). The summed E-state index contributed by atoms with van der Waals surface area (Å²) in [7, 11) is 0. The molecule has 0 radical (unpaired) electrons. The van der Waals surface area contributed by atoms with Gasteiger partial charge in [-0.15, -0.1) is 0 Å². The Balaban J connectivity index is 0.000000394. The number of hydrogen-bond donors (Lipinski definition) is 1. The Morgan fingerprint density at radius 1 is 0.508 bits per heavy atom. The van der Waals surface area contributed by atoms with Crippen LogP contribution in [-0.2, 0) is 11.8 Å². The van der Waals surface area contributed by atoms with Crippen LogP contribution in [0.5, 0.6) is 0 Å². The standard InChI is InChI=1S/C50H36O.C9H13N/c1-33(36-26-28-48-44(31-36)40-22-13-14-24-47(40)51-48)29-34-25-27-42-45(30-34)50(37-17-7-3-8-18-37,38-19-9-4-10-20-38)46-32-43(35-15-5-2-6-16-35)39-21-11-12-23-41(39)49(42)46;1-3-10-9-6-4-8(2)5-7-9/h2-28,30-33H,29H2,1H3;4-7,10H,3H2,1-2H3. The lowest BCUT2D eigenvalue weighted by Crippen LogP contribution is -2.28. The van der Waals surface area contributed by atoms with Crippen LogP contribution in [0.4, 0.5) is 5.69 Å². The molecule has 10 aromatic rings. The summed E-state index contributed by atoms with van der Waals surface area (Å²) in [5.74, 6) is 0.318. The van der Waals surface area contributed by atoms with Crippen LogP contribution in [0, 0.1) is 6.92 Å². The fourth-order valence-electron chi connectivity index (χ4n) is 9.77. The molecule has 9 aromatic carbocycles. The first-order valence-electron chi connectivity index (χ1n) is 21.6. The van der Waals surface area contributed by atoms with Crippen molar-refractivity contribution in [1.82, 2.24) is 0 Å². The number of aryl methyl sites for hydroxylation is 1. The van der Waals surface area contributed by atoms with Gasteiger partial charge in [-0.2, -0.15) is 0 Å². The zero-order valence-corrected chi connectivity index (χ0v) is 35.0. The number of anilines is 1. The second kappa shape index (κ2) is 16.1. The molecular formula is C59H49NO. The zero-order valence-electron chi connectivity index (χ0n) is 35.0. The molecule has 0 bridgehead atoms. The summed E-state index contributed by atoms with van der Waals surface area (Å²) in [5, 5.41) is 8.18. The molecule has 296 valence electrons. The Morgan fingerprint density at radius 3 is 1.80 bits per heavy atom. The number of para-hydroxylation sites is 1. The molecule has 0 fully saturated rings. The summed E-state index contributed by atoms with van der Waals surface area (Å²) < 4.78 is 6.16. The number of nitrogens with one attached hydrogen (secondary N) is 1. The first-order chi connectivity index (χ1) is 30.0. The van der Waals surface area contributed by atoms with E-state index in [0.29, 0.717) is 5.92 Å². The third kappa shape index (κ3) is 6.79. The molecule has 1 aliphatic carbocycles. The lowest BCUT2D eigenvalue weighted by atomic mass is 9.67. The smallest absolute Gasteiger partial charge is 0.135 e. The molecule has 1 heterocycles. The maximum absolute atomic E-state index is 6.16. The van der Waals surface area contributed by atoms with Gasteiger partial charge in [-0.05, 0) is 129 Å². The number of hydrogen-bond acceptors (Lipinski definition) is 2. The van der Waals surface area contributed by atoms with Crippen molar-refractivity contribution in [1.29, 1.82) is 0 Å². The van der Waals surface area contributed by atoms with Crippen molar-refractivity contribution in [2.45, 2.75) is 38.5 Å². The monoisotopic (exact) mass is 787 g/mol. The molecular weight excluding hydrogens is 739 g/mol. The van der Waals surface area contributed by atoms with Crippen molar-refractivity contribution in [2.24, 2.45) is 0 Å². The number of fused-ring (bicyclic) bond motifs is 8. The first kappa shape index (κ1) is 38.1. The first-order valence-corrected chi connectivity index (χ1v) is 21.6. The van der Waals surface area contributed by atoms with Gasteiger partial charge in [-0.3, -0.25) is 0 Å². The molecule has 0 saturated heterocycles. The van der Waals surface area contributed by atoms with Gasteiger partial charge in [-0.25, -0.2) is 0 Å². The second-order valence-corrected chi connectivity index (χ2v) is 16.5. The number of furan rings is 1. The fraction of sp³-hybridized carbons (Fsp3) is 0.119. The summed E-state index contributed by atoms with van der Waals surface area (Å²) in [6.45, 7) is 7.53. The second-order valence-electron chi connectivity index (χ2n) is 16.5. The van der Waals surface area contributed by atoms with Crippen LogP contribution >= 0.6 is 0 Å². The summed E-state index contributed by atoms with van der Waals surface area (Å²) >= 11 is 0. The average molecular weight is 788 g/mol. The Bertz CT molecular complexity index is 3090. The minimum absolute atomic E-state index is 0.318. The van der Waals surface area contributed by atoms with E-state index >= 15 is 0 Å². The fourth-order valence-corrected chi connectivity index (χ4v) is 9.77. The van der Waals surface area contributed by atoms with Crippen molar-refractivity contribution in [3.8, 4) is 22.3 Å². The van der Waals surface area contributed by atoms with E-state index in [2.05, 4.69) is 226 Å². The van der Waals surface area contributed by atoms with E-state index in [1.807, 2.05) is 6.07 Å². The number of rotatable bonds is 8. The van der Waals surface area contributed by atoms with Crippen LogP contribution in [0.3, 0.4) is 0 Å². The maximum Gasteiger partial charge on any atom is 0.135 e. The van der Waals surface area contributed by atoms with Gasteiger partial charge in [0.2, 0.25) is 0 Å². The Labute approximate surface area is 359 Å². The molecule has 2 nitrogen and oxygen atoms in total. The lowest BCUT2D eigenvalue weighted by Gasteiger charge is -2.34. The highest BCUT2D eigenvalue weighted by Gasteiger charge is 2.47. The Kier molecular flexibility index (Phi) is 10.1. The molecule has 0 saturated carbocycles. The van der Waals surface area contributed by atoms with Crippen molar-refractivity contribution in [3.05, 3.63) is 245 Å². The topological polar surface area (TPSA) is 25.2 Å². The van der Waals surface area contributed by atoms with Gasteiger partial charge >= 0.3 is 0 Å². The molecule has 1 aliphatic rings. The highest BCUT2D eigenvalue weighted by atomic mass is 16.3. The molecule has 0 amide bonds. The SMILES string of the molecule is CC(Cc1ccc2c(c1)C(c1ccccc1)(c1ccccc1)c1cc(-c3ccccc3)c3ccccc3c1-2)c1ccc2oc3ccccc3c2c1.CCNc1ccc(C)cc1. The van der Waals surface area contributed by atoms with Gasteiger partial charge in [0.1, 0.15) is 11.2 Å². The largest absolute Gasteiger partial charge is 0.456 e. The minimum Gasteiger partial charge on any atom is -0.456 e. The number of benzene rings is 9. The van der Waals surface area contributed by atoms with E-state index in [4.69, 9.17) is 4.42 Å². The molecule has 61 heavy (non-hydrogen) atoms. The third-order valence-corrected chi connectivity index (χ3v) is 12.6. The van der Waals surface area contributed by atoms with E-state index in [-0.39, 0.29) is 0 Å². The molecule has 0 aliphatic heterocycles. The van der Waals surface area contributed by atoms with Crippen LogP contribution < -0.4 is 5.32 Å². The Hall–Kier alpha value is -7.16. The molecule has 2 heteroatoms. The van der Waals surface area contributed by atoms with E-state index in [1.165, 1.54) is 88.4 Å². The molecule has 1 atom stereocenters. The van der Waals surface area contributed by atoms with E-state index in [9.17, 15) is 0 Å². The normalized spacial score (nSPS) is 13.0. The van der Waals surface area contributed by atoms with Crippen molar-refractivity contribution in [2.75, 3.05) is 11.9 Å². The van der Waals surface area contributed by atoms with Crippen molar-refractivity contribution in [3.63, 3.8) is 0 Å². The van der Waals surface area contributed by atoms with Gasteiger partial charge in [-0.1, -0.05) is 182 Å². The zero-order chi connectivity index (χ0) is 41.3. The maximum atomic E-state index is 6.16. The van der Waals surface area contributed by atoms with Gasteiger partial charge in [0.25, 0.3) is 0 Å². The van der Waals surface area contributed by atoms with Crippen LogP contribution in [0.25, 0.3) is 55.0 Å². The van der Waals surface area contributed by atoms with Crippen molar-refractivity contribution >= 4 is 38.4 Å². The average Bonchev–Trinajstić information content (AvgIpc) is 3.84.